The van der Waals surface area contributed by atoms with Gasteiger partial charge >= 0.3 is 6.18 Å². The van der Waals surface area contributed by atoms with Crippen LogP contribution in [0.25, 0.3) is 0 Å². The van der Waals surface area contributed by atoms with E-state index in [-0.39, 0.29) is 11.6 Å². The number of halogens is 3. The van der Waals surface area contributed by atoms with Gasteiger partial charge in [0, 0.05) is 18.3 Å². The summed E-state index contributed by atoms with van der Waals surface area (Å²) >= 11 is 0. The van der Waals surface area contributed by atoms with Crippen LogP contribution in [-0.2, 0) is 6.42 Å². The number of aliphatic hydroxyl groups is 1. The van der Waals surface area contributed by atoms with Gasteiger partial charge in [-0.2, -0.15) is 13.2 Å². The molecule has 0 fully saturated rings. The van der Waals surface area contributed by atoms with Crippen molar-refractivity contribution in [1.82, 2.24) is 4.98 Å². The van der Waals surface area contributed by atoms with Crippen molar-refractivity contribution in [3.05, 3.63) is 29.6 Å². The normalized spacial score (nSPS) is 14.2. The Bertz CT molecular complexity index is 332. The number of nitrogens with zero attached hydrogens (tertiary/aromatic N) is 1. The number of aromatic nitrogens is 1. The number of hydrogen-bond acceptors (Lipinski definition) is 2. The highest BCUT2D eigenvalue weighted by atomic mass is 19.4. The molecular formula is C11H14F3NO. The molecule has 2 nitrogen and oxygen atoms in total. The van der Waals surface area contributed by atoms with Crippen molar-refractivity contribution in [3.63, 3.8) is 0 Å². The van der Waals surface area contributed by atoms with Gasteiger partial charge in [-0.3, -0.25) is 4.98 Å². The fourth-order valence-electron chi connectivity index (χ4n) is 1.21. The van der Waals surface area contributed by atoms with E-state index in [1.54, 1.807) is 12.3 Å². The lowest BCUT2D eigenvalue weighted by atomic mass is 10.0. The molecule has 0 saturated heterocycles. The molecule has 1 aromatic rings. The van der Waals surface area contributed by atoms with Gasteiger partial charge in [0.2, 0.25) is 0 Å². The van der Waals surface area contributed by atoms with Gasteiger partial charge in [0.15, 0.2) is 6.10 Å². The summed E-state index contributed by atoms with van der Waals surface area (Å²) in [7, 11) is 0. The second-order valence-corrected chi connectivity index (χ2v) is 4.00. The largest absolute Gasteiger partial charge is 0.414 e. The van der Waals surface area contributed by atoms with Crippen LogP contribution < -0.4 is 0 Å². The van der Waals surface area contributed by atoms with E-state index in [1.807, 2.05) is 13.8 Å². The standard InChI is InChI=1S/C11H14F3NO/c1-7(2)8-3-4-9(15-6-8)5-10(16)11(12,13)14/h3-4,6-7,10,16H,5H2,1-2H3. The molecule has 1 rings (SSSR count). The molecule has 0 aliphatic heterocycles. The van der Waals surface area contributed by atoms with Crippen molar-refractivity contribution in [3.8, 4) is 0 Å². The molecule has 16 heavy (non-hydrogen) atoms. The number of aliphatic hydroxyl groups excluding tert-OH is 1. The van der Waals surface area contributed by atoms with Crippen LogP contribution >= 0.6 is 0 Å². The van der Waals surface area contributed by atoms with E-state index < -0.39 is 18.7 Å². The molecule has 1 N–H and O–H groups in total. The minimum Gasteiger partial charge on any atom is -0.383 e. The van der Waals surface area contributed by atoms with Crippen LogP contribution in [0.3, 0.4) is 0 Å². The fourth-order valence-corrected chi connectivity index (χ4v) is 1.21. The summed E-state index contributed by atoms with van der Waals surface area (Å²) in [5.74, 6) is 0.286. The molecule has 5 heteroatoms. The van der Waals surface area contributed by atoms with Crippen LogP contribution in [0.4, 0.5) is 13.2 Å². The average molecular weight is 233 g/mol. The number of alkyl halides is 3. The molecule has 0 bridgehead atoms. The van der Waals surface area contributed by atoms with Crippen LogP contribution in [0.2, 0.25) is 0 Å². The maximum absolute atomic E-state index is 12.1. The van der Waals surface area contributed by atoms with Crippen molar-refractivity contribution in [2.75, 3.05) is 0 Å². The first kappa shape index (κ1) is 13.0. The topological polar surface area (TPSA) is 33.1 Å². The predicted molar refractivity (Wildman–Crippen MR) is 54.1 cm³/mol. The first-order chi connectivity index (χ1) is 7.30. The third-order valence-corrected chi connectivity index (χ3v) is 2.29. The molecule has 1 heterocycles. The number of pyridine rings is 1. The second-order valence-electron chi connectivity index (χ2n) is 4.00. The molecule has 0 radical (unpaired) electrons. The third-order valence-electron chi connectivity index (χ3n) is 2.29. The Morgan fingerprint density at radius 2 is 1.94 bits per heavy atom. The summed E-state index contributed by atoms with van der Waals surface area (Å²) in [4.78, 5) is 3.89. The zero-order chi connectivity index (χ0) is 12.3. The average Bonchev–Trinajstić information content (AvgIpc) is 2.17. The molecule has 1 atom stereocenters. The number of hydrogen-bond donors (Lipinski definition) is 1. The quantitative estimate of drug-likeness (QED) is 0.870. The van der Waals surface area contributed by atoms with Crippen molar-refractivity contribution in [1.29, 1.82) is 0 Å². The summed E-state index contributed by atoms with van der Waals surface area (Å²) in [6.45, 7) is 3.95. The number of rotatable bonds is 3. The van der Waals surface area contributed by atoms with Gasteiger partial charge in [-0.15, -0.1) is 0 Å². The lowest BCUT2D eigenvalue weighted by Crippen LogP contribution is -2.30. The molecule has 0 spiro atoms. The first-order valence-corrected chi connectivity index (χ1v) is 5.00. The Balaban J connectivity index is 2.69. The molecule has 90 valence electrons. The van der Waals surface area contributed by atoms with Gasteiger partial charge in [-0.1, -0.05) is 19.9 Å². The summed E-state index contributed by atoms with van der Waals surface area (Å²) < 4.78 is 36.2. The van der Waals surface area contributed by atoms with E-state index in [9.17, 15) is 13.2 Å². The minimum atomic E-state index is -4.58. The minimum absolute atomic E-state index is 0.245. The summed E-state index contributed by atoms with van der Waals surface area (Å²) in [5.41, 5.74) is 1.21. The van der Waals surface area contributed by atoms with Crippen LogP contribution in [0.1, 0.15) is 31.0 Å². The van der Waals surface area contributed by atoms with Gasteiger partial charge < -0.3 is 5.11 Å². The summed E-state index contributed by atoms with van der Waals surface area (Å²) in [6, 6.07) is 3.25. The highest BCUT2D eigenvalue weighted by Crippen LogP contribution is 2.22. The van der Waals surface area contributed by atoms with Crippen molar-refractivity contribution >= 4 is 0 Å². The van der Waals surface area contributed by atoms with Gasteiger partial charge in [-0.05, 0) is 17.5 Å². The smallest absolute Gasteiger partial charge is 0.383 e. The highest BCUT2D eigenvalue weighted by molar-refractivity contribution is 5.17. The van der Waals surface area contributed by atoms with Crippen LogP contribution in [-0.4, -0.2) is 22.4 Å². The zero-order valence-electron chi connectivity index (χ0n) is 9.12. The molecule has 0 amide bonds. The lowest BCUT2D eigenvalue weighted by molar-refractivity contribution is -0.203. The summed E-state index contributed by atoms with van der Waals surface area (Å²) in [5, 5.41) is 8.85. The van der Waals surface area contributed by atoms with E-state index in [0.29, 0.717) is 0 Å². The summed E-state index contributed by atoms with van der Waals surface area (Å²) in [6.07, 6.45) is -5.88. The molecule has 0 aliphatic carbocycles. The predicted octanol–water partition coefficient (Wildman–Crippen LogP) is 2.67. The maximum Gasteiger partial charge on any atom is 0.414 e. The van der Waals surface area contributed by atoms with Crippen molar-refractivity contribution in [2.45, 2.75) is 38.5 Å². The molecule has 0 saturated carbocycles. The molecular weight excluding hydrogens is 219 g/mol. The van der Waals surface area contributed by atoms with E-state index in [4.69, 9.17) is 5.11 Å². The Hall–Kier alpha value is -1.10. The first-order valence-electron chi connectivity index (χ1n) is 5.00. The highest BCUT2D eigenvalue weighted by Gasteiger charge is 2.38. The second kappa shape index (κ2) is 4.82. The molecule has 0 aliphatic rings. The van der Waals surface area contributed by atoms with Gasteiger partial charge in [-0.25, -0.2) is 0 Å². The third kappa shape index (κ3) is 3.48. The van der Waals surface area contributed by atoms with E-state index in [1.165, 1.54) is 6.07 Å². The van der Waals surface area contributed by atoms with Crippen molar-refractivity contribution < 1.29 is 18.3 Å². The Kier molecular flexibility index (Phi) is 3.91. The van der Waals surface area contributed by atoms with Gasteiger partial charge in [0.05, 0.1) is 0 Å². The van der Waals surface area contributed by atoms with Gasteiger partial charge in [0.25, 0.3) is 0 Å². The van der Waals surface area contributed by atoms with E-state index >= 15 is 0 Å². The molecule has 0 aromatic carbocycles. The Labute approximate surface area is 92.1 Å². The van der Waals surface area contributed by atoms with Crippen LogP contribution in [0.15, 0.2) is 18.3 Å². The maximum atomic E-state index is 12.1. The molecule has 1 aromatic heterocycles. The van der Waals surface area contributed by atoms with Gasteiger partial charge in [0.1, 0.15) is 0 Å². The van der Waals surface area contributed by atoms with E-state index in [2.05, 4.69) is 4.98 Å². The SMILES string of the molecule is CC(C)c1ccc(CC(O)C(F)(F)F)nc1. The molecule has 1 unspecified atom stereocenters. The van der Waals surface area contributed by atoms with E-state index in [0.717, 1.165) is 5.56 Å². The Morgan fingerprint density at radius 1 is 1.31 bits per heavy atom. The van der Waals surface area contributed by atoms with Crippen molar-refractivity contribution in [2.24, 2.45) is 0 Å². The Morgan fingerprint density at radius 3 is 2.31 bits per heavy atom. The fraction of sp³-hybridized carbons (Fsp3) is 0.545. The zero-order valence-corrected chi connectivity index (χ0v) is 9.12. The van der Waals surface area contributed by atoms with Crippen LogP contribution in [0.5, 0.6) is 0 Å². The monoisotopic (exact) mass is 233 g/mol. The lowest BCUT2D eigenvalue weighted by Gasteiger charge is -2.14. The van der Waals surface area contributed by atoms with Crippen LogP contribution in [0, 0.1) is 0 Å².